The highest BCUT2D eigenvalue weighted by molar-refractivity contribution is 7.26. The molecule has 0 N–H and O–H groups in total. The van der Waals surface area contributed by atoms with Crippen LogP contribution in [0.3, 0.4) is 0 Å². The van der Waals surface area contributed by atoms with E-state index in [-0.39, 0.29) is 12.0 Å². The summed E-state index contributed by atoms with van der Waals surface area (Å²) in [6.45, 7) is 0. The molecule has 1 aromatic heterocycles. The van der Waals surface area contributed by atoms with E-state index in [9.17, 15) is 0 Å². The molecule has 1 nitrogen and oxygen atoms in total. The topological polar surface area (TPSA) is 3.24 Å². The fourth-order valence-corrected chi connectivity index (χ4v) is 11.2. The quantitative estimate of drug-likeness (QED) is 0.170. The van der Waals surface area contributed by atoms with Crippen LogP contribution in [0.2, 0.25) is 0 Å². The molecule has 8 aromatic rings. The van der Waals surface area contributed by atoms with Crippen molar-refractivity contribution in [3.63, 3.8) is 0 Å². The molecule has 12 rings (SSSR count). The van der Waals surface area contributed by atoms with Crippen LogP contribution in [-0.2, 0) is 0 Å². The van der Waals surface area contributed by atoms with Crippen molar-refractivity contribution in [1.29, 1.82) is 0 Å². The number of nitrogens with zero attached hydrogens (tertiary/aromatic N) is 1. The Morgan fingerprint density at radius 2 is 1.30 bits per heavy atom. The van der Waals surface area contributed by atoms with E-state index in [1.54, 1.807) is 0 Å². The SMILES string of the molecule is C1=CC2c3ccccc3-c3c4cccc3-c3ccc(C5=CCC(N(c6ccc(-c7ccccc7)cc6)c6cccc7sc8ccccc8c67)C=C5)cc3C2C4=C1. The van der Waals surface area contributed by atoms with Crippen LogP contribution in [0.1, 0.15) is 40.5 Å². The highest BCUT2D eigenvalue weighted by Gasteiger charge is 2.40. The molecule has 0 amide bonds. The maximum atomic E-state index is 2.57. The smallest absolute Gasteiger partial charge is 0.0560 e. The standard InChI is InChI=1S/C54H37NS/c1-2-11-34(12-3-1)35-23-28-38(29-24-35)55(49-20-10-22-51-54(49)47-15-6-7-21-50(47)56-51)39-30-25-36(26-31-39)37-27-32-41-44-17-9-18-45-46-19-8-16-43(53(46)48(41)33-37)40-13-4-5-14-42(40)52(44)45/h1-30,32-33,39,43,53H,31H2. The second-order valence-corrected chi connectivity index (χ2v) is 16.6. The summed E-state index contributed by atoms with van der Waals surface area (Å²) in [6.07, 6.45) is 15.3. The molecule has 0 radical (unpaired) electrons. The zero-order valence-corrected chi connectivity index (χ0v) is 31.6. The lowest BCUT2D eigenvalue weighted by Crippen LogP contribution is -2.30. The molecule has 264 valence electrons. The van der Waals surface area contributed by atoms with E-state index in [0.717, 1.165) is 6.42 Å². The van der Waals surface area contributed by atoms with E-state index >= 15 is 0 Å². The molecule has 7 aromatic carbocycles. The van der Waals surface area contributed by atoms with Gasteiger partial charge in [-0.05, 0) is 110 Å². The lowest BCUT2D eigenvalue weighted by atomic mass is 9.72. The Balaban J connectivity index is 0.950. The molecule has 2 heteroatoms. The number of rotatable bonds is 5. The highest BCUT2D eigenvalue weighted by Crippen LogP contribution is 2.59. The average molecular weight is 732 g/mol. The molecule has 3 unspecified atom stereocenters. The molecular weight excluding hydrogens is 695 g/mol. The summed E-state index contributed by atoms with van der Waals surface area (Å²) >= 11 is 1.88. The third-order valence-corrected chi connectivity index (χ3v) is 13.7. The molecular formula is C54H37NS. The monoisotopic (exact) mass is 731 g/mol. The van der Waals surface area contributed by atoms with Crippen LogP contribution in [0, 0.1) is 0 Å². The van der Waals surface area contributed by atoms with E-state index in [1.807, 2.05) is 11.3 Å². The Labute approximate surface area is 331 Å². The van der Waals surface area contributed by atoms with Crippen LogP contribution in [0.25, 0.3) is 64.7 Å². The molecule has 56 heavy (non-hydrogen) atoms. The minimum atomic E-state index is 0.153. The van der Waals surface area contributed by atoms with Crippen LogP contribution in [-0.4, -0.2) is 6.04 Å². The number of hydrogen-bond donors (Lipinski definition) is 0. The molecule has 4 aliphatic rings. The zero-order chi connectivity index (χ0) is 36.7. The molecule has 6 bridgehead atoms. The van der Waals surface area contributed by atoms with Crippen molar-refractivity contribution < 1.29 is 0 Å². The van der Waals surface area contributed by atoms with Crippen molar-refractivity contribution in [2.45, 2.75) is 24.3 Å². The van der Waals surface area contributed by atoms with Crippen molar-refractivity contribution in [3.05, 3.63) is 216 Å². The van der Waals surface area contributed by atoms with E-state index < -0.39 is 0 Å². The van der Waals surface area contributed by atoms with Crippen LogP contribution >= 0.6 is 11.3 Å². The third-order valence-electron chi connectivity index (χ3n) is 12.6. The molecule has 0 saturated heterocycles. The Kier molecular flexibility index (Phi) is 7.12. The van der Waals surface area contributed by atoms with Gasteiger partial charge in [-0.15, -0.1) is 11.3 Å². The Morgan fingerprint density at radius 1 is 0.554 bits per heavy atom. The minimum absolute atomic E-state index is 0.153. The van der Waals surface area contributed by atoms with Crippen LogP contribution in [0.5, 0.6) is 0 Å². The molecule has 3 atom stereocenters. The number of thiophene rings is 1. The van der Waals surface area contributed by atoms with Gasteiger partial charge in [0.1, 0.15) is 0 Å². The lowest BCUT2D eigenvalue weighted by molar-refractivity contribution is 0.753. The molecule has 4 aliphatic carbocycles. The van der Waals surface area contributed by atoms with Crippen LogP contribution in [0.15, 0.2) is 194 Å². The summed E-state index contributed by atoms with van der Waals surface area (Å²) in [7, 11) is 0. The summed E-state index contributed by atoms with van der Waals surface area (Å²) in [4.78, 5) is 2.57. The normalized spacial score (nSPS) is 18.5. The van der Waals surface area contributed by atoms with Gasteiger partial charge < -0.3 is 4.90 Å². The van der Waals surface area contributed by atoms with E-state index in [2.05, 4.69) is 199 Å². The lowest BCUT2D eigenvalue weighted by Gasteiger charge is -2.34. The molecule has 0 aliphatic heterocycles. The first kappa shape index (κ1) is 31.8. The van der Waals surface area contributed by atoms with Gasteiger partial charge in [0.15, 0.2) is 0 Å². The summed E-state index contributed by atoms with van der Waals surface area (Å²) in [5.41, 5.74) is 18.7. The van der Waals surface area contributed by atoms with Crippen LogP contribution in [0.4, 0.5) is 11.4 Å². The van der Waals surface area contributed by atoms with Gasteiger partial charge >= 0.3 is 0 Å². The minimum Gasteiger partial charge on any atom is -0.334 e. The number of fused-ring (bicyclic) bond motifs is 7. The highest BCUT2D eigenvalue weighted by atomic mass is 32.1. The van der Waals surface area contributed by atoms with Crippen molar-refractivity contribution in [2.75, 3.05) is 4.90 Å². The average Bonchev–Trinajstić information content (AvgIpc) is 3.61. The van der Waals surface area contributed by atoms with Crippen molar-refractivity contribution in [1.82, 2.24) is 0 Å². The second kappa shape index (κ2) is 12.5. The first-order valence-electron chi connectivity index (χ1n) is 19.8. The summed E-state index contributed by atoms with van der Waals surface area (Å²) in [6, 6.07) is 59.0. The summed E-state index contributed by atoms with van der Waals surface area (Å²) in [5.74, 6) is 0.576. The van der Waals surface area contributed by atoms with Gasteiger partial charge in [0.25, 0.3) is 0 Å². The van der Waals surface area contributed by atoms with Crippen LogP contribution < -0.4 is 4.90 Å². The van der Waals surface area contributed by atoms with Gasteiger partial charge in [0.05, 0.1) is 11.7 Å². The predicted octanol–water partition coefficient (Wildman–Crippen LogP) is 14.8. The van der Waals surface area contributed by atoms with Gasteiger partial charge in [0.2, 0.25) is 0 Å². The van der Waals surface area contributed by atoms with E-state index in [4.69, 9.17) is 0 Å². The number of benzene rings is 7. The molecule has 0 fully saturated rings. The maximum Gasteiger partial charge on any atom is 0.0560 e. The first-order chi connectivity index (χ1) is 27.8. The number of allylic oxidation sites excluding steroid dienone is 6. The summed E-state index contributed by atoms with van der Waals surface area (Å²) < 4.78 is 2.65. The van der Waals surface area contributed by atoms with Gasteiger partial charge in [-0.2, -0.15) is 0 Å². The van der Waals surface area contributed by atoms with Crippen molar-refractivity contribution in [3.8, 4) is 33.4 Å². The van der Waals surface area contributed by atoms with Crippen molar-refractivity contribution in [2.24, 2.45) is 0 Å². The molecule has 0 spiro atoms. The predicted molar refractivity (Wildman–Crippen MR) is 239 cm³/mol. The van der Waals surface area contributed by atoms with Crippen molar-refractivity contribution >= 4 is 54.0 Å². The fraction of sp³-hybridized carbons (Fsp3) is 0.0741. The fourth-order valence-electron chi connectivity index (χ4n) is 10.1. The van der Waals surface area contributed by atoms with E-state index in [1.165, 1.54) is 98.3 Å². The summed E-state index contributed by atoms with van der Waals surface area (Å²) in [5, 5.41) is 2.66. The third kappa shape index (κ3) is 4.79. The Bertz CT molecular complexity index is 3010. The van der Waals surface area contributed by atoms with Gasteiger partial charge in [-0.3, -0.25) is 0 Å². The largest absolute Gasteiger partial charge is 0.334 e. The number of anilines is 2. The Morgan fingerprint density at radius 3 is 2.20 bits per heavy atom. The van der Waals surface area contributed by atoms with Gasteiger partial charge in [0, 0.05) is 37.7 Å². The molecule has 1 heterocycles. The first-order valence-corrected chi connectivity index (χ1v) is 20.6. The van der Waals surface area contributed by atoms with Gasteiger partial charge in [-0.25, -0.2) is 0 Å². The number of hydrogen-bond acceptors (Lipinski definition) is 2. The second-order valence-electron chi connectivity index (χ2n) is 15.5. The Hall–Kier alpha value is -6.48. The zero-order valence-electron chi connectivity index (χ0n) is 30.8. The van der Waals surface area contributed by atoms with Gasteiger partial charge in [-0.1, -0.05) is 158 Å². The van der Waals surface area contributed by atoms with E-state index in [0.29, 0.717) is 5.92 Å². The maximum absolute atomic E-state index is 2.57. The molecule has 0 saturated carbocycles.